The van der Waals surface area contributed by atoms with E-state index in [2.05, 4.69) is 0 Å². The smallest absolute Gasteiger partial charge is 0.133 e. The van der Waals surface area contributed by atoms with E-state index in [4.69, 9.17) is 11.6 Å². The second-order valence-electron chi connectivity index (χ2n) is 3.62. The molecule has 15 heavy (non-hydrogen) atoms. The molecule has 1 atom stereocenters. The van der Waals surface area contributed by atoms with Gasteiger partial charge in [-0.2, -0.15) is 0 Å². The fraction of sp³-hybridized carbons (Fsp3) is 0.417. The van der Waals surface area contributed by atoms with Crippen molar-refractivity contribution < 1.29 is 9.18 Å². The summed E-state index contributed by atoms with van der Waals surface area (Å²) in [4.78, 5) is 11.2. The van der Waals surface area contributed by atoms with Crippen LogP contribution in [-0.2, 0) is 11.2 Å². The Hall–Kier alpha value is -0.890. The molecule has 0 saturated carbocycles. The summed E-state index contributed by atoms with van der Waals surface area (Å²) in [7, 11) is 0. The van der Waals surface area contributed by atoms with E-state index in [9.17, 15) is 9.18 Å². The Kier molecular flexibility index (Phi) is 4.28. The molecule has 82 valence electrons. The molecule has 3 heteroatoms. The van der Waals surface area contributed by atoms with Gasteiger partial charge in [0.05, 0.1) is 0 Å². The standard InChI is InChI=1S/C12H14ClFO/c1-3-9(8(2)15)7-10-11(13)5-4-6-12(10)14/h4-6,9H,3,7H2,1-2H3. The van der Waals surface area contributed by atoms with Gasteiger partial charge in [-0.3, -0.25) is 4.79 Å². The zero-order valence-electron chi connectivity index (χ0n) is 8.89. The van der Waals surface area contributed by atoms with Crippen LogP contribution < -0.4 is 0 Å². The SMILES string of the molecule is CCC(Cc1c(F)cccc1Cl)C(C)=O. The molecule has 1 nitrogen and oxygen atoms in total. The second-order valence-corrected chi connectivity index (χ2v) is 4.03. The average Bonchev–Trinajstić information content (AvgIpc) is 2.17. The Morgan fingerprint density at radius 1 is 1.53 bits per heavy atom. The van der Waals surface area contributed by atoms with E-state index >= 15 is 0 Å². The summed E-state index contributed by atoms with van der Waals surface area (Å²) in [6.07, 6.45) is 1.09. The summed E-state index contributed by atoms with van der Waals surface area (Å²) in [5, 5.41) is 0.398. The minimum absolute atomic E-state index is 0.0804. The first-order chi connectivity index (χ1) is 7.06. The van der Waals surface area contributed by atoms with Crippen LogP contribution in [-0.4, -0.2) is 5.78 Å². The van der Waals surface area contributed by atoms with Crippen LogP contribution in [0.4, 0.5) is 4.39 Å². The zero-order valence-corrected chi connectivity index (χ0v) is 9.64. The normalized spacial score (nSPS) is 12.5. The van der Waals surface area contributed by atoms with Gasteiger partial charge in [0.1, 0.15) is 11.6 Å². The minimum Gasteiger partial charge on any atom is -0.300 e. The van der Waals surface area contributed by atoms with Gasteiger partial charge in [-0.25, -0.2) is 4.39 Å². The third kappa shape index (κ3) is 3.03. The highest BCUT2D eigenvalue weighted by Gasteiger charge is 2.16. The van der Waals surface area contributed by atoms with Crippen molar-refractivity contribution in [2.75, 3.05) is 0 Å². The van der Waals surface area contributed by atoms with Gasteiger partial charge >= 0.3 is 0 Å². The van der Waals surface area contributed by atoms with Gasteiger partial charge in [-0.05, 0) is 31.9 Å². The summed E-state index contributed by atoms with van der Waals surface area (Å²) in [5.41, 5.74) is 0.446. The third-order valence-corrected chi connectivity index (χ3v) is 2.93. The Labute approximate surface area is 94.3 Å². The Bertz CT molecular complexity index is 342. The molecule has 1 unspecified atom stereocenters. The van der Waals surface area contributed by atoms with E-state index in [-0.39, 0.29) is 17.5 Å². The van der Waals surface area contributed by atoms with Crippen LogP contribution in [0, 0.1) is 11.7 Å². The van der Waals surface area contributed by atoms with E-state index in [1.54, 1.807) is 12.1 Å². The maximum atomic E-state index is 13.4. The van der Waals surface area contributed by atoms with Crippen molar-refractivity contribution in [1.29, 1.82) is 0 Å². The van der Waals surface area contributed by atoms with Gasteiger partial charge in [0.25, 0.3) is 0 Å². The topological polar surface area (TPSA) is 17.1 Å². The number of halogens is 2. The molecule has 0 spiro atoms. The fourth-order valence-corrected chi connectivity index (χ4v) is 1.79. The predicted octanol–water partition coefficient (Wildman–Crippen LogP) is 3.64. The lowest BCUT2D eigenvalue weighted by molar-refractivity contribution is -0.120. The van der Waals surface area contributed by atoms with Crippen LogP contribution in [0.1, 0.15) is 25.8 Å². The number of ketones is 1. The molecule has 0 aromatic heterocycles. The Morgan fingerprint density at radius 3 is 2.67 bits per heavy atom. The molecule has 0 bridgehead atoms. The molecule has 0 heterocycles. The fourth-order valence-electron chi connectivity index (χ4n) is 1.55. The molecule has 1 rings (SSSR count). The highest BCUT2D eigenvalue weighted by atomic mass is 35.5. The number of hydrogen-bond acceptors (Lipinski definition) is 1. The van der Waals surface area contributed by atoms with Gasteiger partial charge in [0.2, 0.25) is 0 Å². The number of hydrogen-bond donors (Lipinski definition) is 0. The minimum atomic E-state index is -0.331. The second kappa shape index (κ2) is 5.26. The maximum Gasteiger partial charge on any atom is 0.133 e. The van der Waals surface area contributed by atoms with Crippen LogP contribution in [0.5, 0.6) is 0 Å². The number of benzene rings is 1. The maximum absolute atomic E-state index is 13.4. The molecule has 0 fully saturated rings. The Balaban J connectivity index is 2.92. The van der Waals surface area contributed by atoms with Crippen molar-refractivity contribution in [3.05, 3.63) is 34.6 Å². The van der Waals surface area contributed by atoms with E-state index in [0.717, 1.165) is 0 Å². The highest BCUT2D eigenvalue weighted by Crippen LogP contribution is 2.23. The average molecular weight is 229 g/mol. The van der Waals surface area contributed by atoms with Crippen molar-refractivity contribution in [2.24, 2.45) is 5.92 Å². The summed E-state index contributed by atoms with van der Waals surface area (Å²) in [6, 6.07) is 4.58. The van der Waals surface area contributed by atoms with Crippen LogP contribution in [0.3, 0.4) is 0 Å². The van der Waals surface area contributed by atoms with E-state index < -0.39 is 0 Å². The van der Waals surface area contributed by atoms with Gasteiger partial charge < -0.3 is 0 Å². The summed E-state index contributed by atoms with van der Waals surface area (Å²) >= 11 is 5.88. The monoisotopic (exact) mass is 228 g/mol. The van der Waals surface area contributed by atoms with Crippen molar-refractivity contribution in [3.63, 3.8) is 0 Å². The van der Waals surface area contributed by atoms with E-state index in [0.29, 0.717) is 23.4 Å². The van der Waals surface area contributed by atoms with E-state index in [1.165, 1.54) is 13.0 Å². The molecular weight excluding hydrogens is 215 g/mol. The number of Topliss-reactive ketones (excluding diaryl/α,β-unsaturated/α-hetero) is 1. The predicted molar refractivity (Wildman–Crippen MR) is 59.6 cm³/mol. The summed E-state index contributed by atoms with van der Waals surface area (Å²) in [5.74, 6) is -0.390. The largest absolute Gasteiger partial charge is 0.300 e. The van der Waals surface area contributed by atoms with Crippen LogP contribution >= 0.6 is 11.6 Å². The third-order valence-electron chi connectivity index (χ3n) is 2.58. The highest BCUT2D eigenvalue weighted by molar-refractivity contribution is 6.31. The summed E-state index contributed by atoms with van der Waals surface area (Å²) in [6.45, 7) is 3.45. The molecule has 0 saturated heterocycles. The molecular formula is C12H14ClFO. The summed E-state index contributed by atoms with van der Waals surface area (Å²) < 4.78 is 13.4. The first-order valence-corrected chi connectivity index (χ1v) is 5.37. The number of carbonyl (C=O) groups excluding carboxylic acids is 1. The molecule has 0 amide bonds. The van der Waals surface area contributed by atoms with Crippen molar-refractivity contribution >= 4 is 17.4 Å². The molecule has 0 N–H and O–H groups in total. The van der Waals surface area contributed by atoms with Gasteiger partial charge in [-0.15, -0.1) is 0 Å². The quantitative estimate of drug-likeness (QED) is 0.769. The van der Waals surface area contributed by atoms with Gasteiger partial charge in [0.15, 0.2) is 0 Å². The molecule has 0 aliphatic carbocycles. The first-order valence-electron chi connectivity index (χ1n) is 4.99. The lowest BCUT2D eigenvalue weighted by Gasteiger charge is -2.12. The molecule has 0 aliphatic heterocycles. The number of carbonyl (C=O) groups is 1. The van der Waals surface area contributed by atoms with Crippen LogP contribution in [0.25, 0.3) is 0 Å². The van der Waals surface area contributed by atoms with E-state index in [1.807, 2.05) is 6.92 Å². The zero-order chi connectivity index (χ0) is 11.4. The van der Waals surface area contributed by atoms with Gasteiger partial charge in [0, 0.05) is 16.5 Å². The first kappa shape index (κ1) is 12.2. The lowest BCUT2D eigenvalue weighted by Crippen LogP contribution is -2.14. The molecule has 0 aliphatic rings. The Morgan fingerprint density at radius 2 is 2.20 bits per heavy atom. The molecule has 1 aromatic rings. The lowest BCUT2D eigenvalue weighted by atomic mass is 9.93. The molecule has 0 radical (unpaired) electrons. The van der Waals surface area contributed by atoms with Gasteiger partial charge in [-0.1, -0.05) is 24.6 Å². The van der Waals surface area contributed by atoms with Crippen LogP contribution in [0.15, 0.2) is 18.2 Å². The van der Waals surface area contributed by atoms with Crippen LogP contribution in [0.2, 0.25) is 5.02 Å². The molecule has 1 aromatic carbocycles. The van der Waals surface area contributed by atoms with Crippen molar-refractivity contribution in [2.45, 2.75) is 26.7 Å². The number of rotatable bonds is 4. The van der Waals surface area contributed by atoms with Crippen molar-refractivity contribution in [1.82, 2.24) is 0 Å². The van der Waals surface area contributed by atoms with Crippen molar-refractivity contribution in [3.8, 4) is 0 Å².